The molecule has 0 heterocycles. The zero-order valence-corrected chi connectivity index (χ0v) is 13.4. The van der Waals surface area contributed by atoms with Crippen LogP contribution in [0.5, 0.6) is 0 Å². The lowest BCUT2D eigenvalue weighted by molar-refractivity contribution is -0.146. The number of esters is 1. The Morgan fingerprint density at radius 2 is 1.82 bits per heavy atom. The van der Waals surface area contributed by atoms with E-state index in [1.54, 1.807) is 30.0 Å². The third-order valence-corrected chi connectivity index (χ3v) is 3.27. The highest BCUT2D eigenvalue weighted by Crippen LogP contribution is 2.10. The van der Waals surface area contributed by atoms with Gasteiger partial charge in [-0.05, 0) is 37.6 Å². The normalized spacial score (nSPS) is 12.5. The van der Waals surface area contributed by atoms with Gasteiger partial charge in [0.1, 0.15) is 5.82 Å². The Hall–Kier alpha value is -2.17. The summed E-state index contributed by atoms with van der Waals surface area (Å²) in [7, 11) is 1.33. The molecule has 0 radical (unpaired) electrons. The van der Waals surface area contributed by atoms with E-state index >= 15 is 0 Å². The van der Waals surface area contributed by atoms with Crippen molar-refractivity contribution >= 4 is 18.0 Å². The van der Waals surface area contributed by atoms with Gasteiger partial charge in [0.2, 0.25) is 5.91 Å². The van der Waals surface area contributed by atoms with Gasteiger partial charge in [-0.1, -0.05) is 19.1 Å². The van der Waals surface area contributed by atoms with Crippen molar-refractivity contribution in [2.75, 3.05) is 13.7 Å². The van der Waals surface area contributed by atoms with Gasteiger partial charge in [-0.3, -0.25) is 9.59 Å². The predicted octanol–water partition coefficient (Wildman–Crippen LogP) is 2.89. The van der Waals surface area contributed by atoms with Crippen molar-refractivity contribution in [3.05, 3.63) is 41.7 Å². The van der Waals surface area contributed by atoms with Crippen LogP contribution in [-0.2, 0) is 14.3 Å². The molecule has 0 fully saturated rings. The van der Waals surface area contributed by atoms with Gasteiger partial charge < -0.3 is 9.64 Å². The van der Waals surface area contributed by atoms with Crippen molar-refractivity contribution in [2.45, 2.75) is 26.8 Å². The van der Waals surface area contributed by atoms with E-state index in [4.69, 9.17) is 0 Å². The van der Waals surface area contributed by atoms with Gasteiger partial charge >= 0.3 is 5.97 Å². The highest BCUT2D eigenvalue weighted by atomic mass is 19.1. The van der Waals surface area contributed by atoms with Crippen LogP contribution in [-0.4, -0.2) is 36.5 Å². The molecule has 0 aliphatic rings. The SMILES string of the molecule is COC(=O)C(C)CN(C(=O)/C=C/c1ccc(F)cc1)C(C)C. The molecule has 0 aromatic heterocycles. The van der Waals surface area contributed by atoms with Gasteiger partial charge in [0.25, 0.3) is 0 Å². The largest absolute Gasteiger partial charge is 0.469 e. The summed E-state index contributed by atoms with van der Waals surface area (Å²) in [6, 6.07) is 5.82. The second kappa shape index (κ2) is 8.32. The number of methoxy groups -OCH3 is 1. The van der Waals surface area contributed by atoms with Gasteiger partial charge in [-0.2, -0.15) is 0 Å². The zero-order chi connectivity index (χ0) is 16.7. The minimum atomic E-state index is -0.393. The number of benzene rings is 1. The zero-order valence-electron chi connectivity index (χ0n) is 13.4. The molecule has 4 nitrogen and oxygen atoms in total. The Bertz CT molecular complexity index is 537. The van der Waals surface area contributed by atoms with Gasteiger partial charge in [0, 0.05) is 18.7 Å². The average molecular weight is 307 g/mol. The van der Waals surface area contributed by atoms with Crippen LogP contribution < -0.4 is 0 Å². The van der Waals surface area contributed by atoms with E-state index < -0.39 is 5.92 Å². The first-order valence-electron chi connectivity index (χ1n) is 7.17. The number of rotatable bonds is 6. The lowest BCUT2D eigenvalue weighted by Gasteiger charge is -2.27. The van der Waals surface area contributed by atoms with Gasteiger partial charge in [0.05, 0.1) is 13.0 Å². The molecular weight excluding hydrogens is 285 g/mol. The first kappa shape index (κ1) is 17.9. The number of carbonyl (C=O) groups is 2. The monoisotopic (exact) mass is 307 g/mol. The van der Waals surface area contributed by atoms with Crippen LogP contribution in [0.3, 0.4) is 0 Å². The molecule has 1 amide bonds. The fourth-order valence-electron chi connectivity index (χ4n) is 1.96. The van der Waals surface area contributed by atoms with E-state index in [1.807, 2.05) is 13.8 Å². The molecule has 5 heteroatoms. The van der Waals surface area contributed by atoms with Crippen molar-refractivity contribution in [3.8, 4) is 0 Å². The molecule has 0 bridgehead atoms. The molecule has 120 valence electrons. The minimum Gasteiger partial charge on any atom is -0.469 e. The Labute approximate surface area is 130 Å². The van der Waals surface area contributed by atoms with Crippen molar-refractivity contribution in [3.63, 3.8) is 0 Å². The molecular formula is C17H22FNO3. The molecule has 0 saturated carbocycles. The maximum absolute atomic E-state index is 12.8. The molecule has 0 aliphatic heterocycles. The quantitative estimate of drug-likeness (QED) is 0.600. The first-order chi connectivity index (χ1) is 10.3. The summed E-state index contributed by atoms with van der Waals surface area (Å²) in [5, 5.41) is 0. The smallest absolute Gasteiger partial charge is 0.310 e. The molecule has 0 saturated heterocycles. The molecule has 1 rings (SSSR count). The summed E-state index contributed by atoms with van der Waals surface area (Å²) in [6.45, 7) is 5.77. The summed E-state index contributed by atoms with van der Waals surface area (Å²) in [5.74, 6) is -1.26. The first-order valence-corrected chi connectivity index (χ1v) is 7.17. The molecule has 0 N–H and O–H groups in total. The highest BCUT2D eigenvalue weighted by Gasteiger charge is 2.22. The summed E-state index contributed by atoms with van der Waals surface area (Å²) >= 11 is 0. The average Bonchev–Trinajstić information content (AvgIpc) is 2.50. The van der Waals surface area contributed by atoms with Crippen LogP contribution in [0.2, 0.25) is 0 Å². The number of hydrogen-bond donors (Lipinski definition) is 0. The number of amides is 1. The molecule has 1 unspecified atom stereocenters. The molecule has 1 aromatic carbocycles. The van der Waals surface area contributed by atoms with E-state index in [-0.39, 0.29) is 30.3 Å². The van der Waals surface area contributed by atoms with Crippen molar-refractivity contribution < 1.29 is 18.7 Å². The number of hydrogen-bond acceptors (Lipinski definition) is 3. The van der Waals surface area contributed by atoms with Crippen LogP contribution in [0, 0.1) is 11.7 Å². The van der Waals surface area contributed by atoms with Crippen LogP contribution in [0.4, 0.5) is 4.39 Å². The van der Waals surface area contributed by atoms with Gasteiger partial charge in [-0.25, -0.2) is 4.39 Å². The molecule has 0 aliphatic carbocycles. The topological polar surface area (TPSA) is 46.6 Å². The third kappa shape index (κ3) is 5.31. The maximum Gasteiger partial charge on any atom is 0.310 e. The minimum absolute atomic E-state index is 0.0440. The van der Waals surface area contributed by atoms with Crippen LogP contribution in [0.25, 0.3) is 6.08 Å². The summed E-state index contributed by atoms with van der Waals surface area (Å²) in [5.41, 5.74) is 0.736. The lowest BCUT2D eigenvalue weighted by atomic mass is 10.1. The third-order valence-electron chi connectivity index (χ3n) is 3.27. The standard InChI is InChI=1S/C17H22FNO3/c1-12(2)19(11-13(3)17(21)22-4)16(20)10-7-14-5-8-15(18)9-6-14/h5-10,12-13H,11H2,1-4H3/b10-7+. The molecule has 1 atom stereocenters. The Kier molecular flexibility index (Phi) is 6.76. The Morgan fingerprint density at radius 3 is 2.32 bits per heavy atom. The maximum atomic E-state index is 12.8. The van der Waals surface area contributed by atoms with E-state index in [2.05, 4.69) is 4.74 Å². The summed E-state index contributed by atoms with van der Waals surface area (Å²) in [6.07, 6.45) is 3.05. The number of carbonyl (C=O) groups excluding carboxylic acids is 2. The number of halogens is 1. The molecule has 0 spiro atoms. The number of nitrogens with zero attached hydrogens (tertiary/aromatic N) is 1. The van der Waals surface area contributed by atoms with Crippen molar-refractivity contribution in [1.82, 2.24) is 4.90 Å². The van der Waals surface area contributed by atoms with Gasteiger partial charge in [-0.15, -0.1) is 0 Å². The lowest BCUT2D eigenvalue weighted by Crippen LogP contribution is -2.40. The molecule has 22 heavy (non-hydrogen) atoms. The summed E-state index contributed by atoms with van der Waals surface area (Å²) in [4.78, 5) is 25.4. The van der Waals surface area contributed by atoms with E-state index in [0.29, 0.717) is 0 Å². The fourth-order valence-corrected chi connectivity index (χ4v) is 1.96. The molecule has 1 aromatic rings. The van der Waals surface area contributed by atoms with Crippen LogP contribution >= 0.6 is 0 Å². The Morgan fingerprint density at radius 1 is 1.23 bits per heavy atom. The number of ether oxygens (including phenoxy) is 1. The fraction of sp³-hybridized carbons (Fsp3) is 0.412. The Balaban J connectivity index is 2.76. The second-order valence-electron chi connectivity index (χ2n) is 5.39. The predicted molar refractivity (Wildman–Crippen MR) is 83.5 cm³/mol. The van der Waals surface area contributed by atoms with Crippen molar-refractivity contribution in [1.29, 1.82) is 0 Å². The van der Waals surface area contributed by atoms with E-state index in [9.17, 15) is 14.0 Å². The van der Waals surface area contributed by atoms with Crippen molar-refractivity contribution in [2.24, 2.45) is 5.92 Å². The van der Waals surface area contributed by atoms with E-state index in [0.717, 1.165) is 5.56 Å². The van der Waals surface area contributed by atoms with Gasteiger partial charge in [0.15, 0.2) is 0 Å². The van der Waals surface area contributed by atoms with E-state index in [1.165, 1.54) is 25.3 Å². The highest BCUT2D eigenvalue weighted by molar-refractivity contribution is 5.92. The van der Waals surface area contributed by atoms with Crippen LogP contribution in [0.15, 0.2) is 30.3 Å². The summed E-state index contributed by atoms with van der Waals surface area (Å²) < 4.78 is 17.5. The van der Waals surface area contributed by atoms with Crippen LogP contribution in [0.1, 0.15) is 26.3 Å². The second-order valence-corrected chi connectivity index (χ2v) is 5.39.